The van der Waals surface area contributed by atoms with Gasteiger partial charge in [0.05, 0.1) is 17.2 Å². The topological polar surface area (TPSA) is 96.0 Å². The molecule has 0 aliphatic carbocycles. The van der Waals surface area contributed by atoms with Gasteiger partial charge >= 0.3 is 0 Å². The van der Waals surface area contributed by atoms with Gasteiger partial charge in [0.2, 0.25) is 11.8 Å². The maximum absolute atomic E-state index is 14.1. The minimum absolute atomic E-state index is 0.0331. The largest absolute Gasteiger partial charge is 0.492 e. The van der Waals surface area contributed by atoms with E-state index in [1.54, 1.807) is 38.1 Å². The number of halogens is 2. The van der Waals surface area contributed by atoms with Crippen molar-refractivity contribution in [2.24, 2.45) is 5.92 Å². The number of amides is 2. The molecule has 0 aromatic heterocycles. The number of nitrogens with zero attached hydrogens (tertiary/aromatic N) is 2. The average Bonchev–Trinajstić information content (AvgIpc) is 2.96. The Morgan fingerprint density at radius 2 is 1.62 bits per heavy atom. The number of hydrogen-bond donors (Lipinski definition) is 1. The lowest BCUT2D eigenvalue weighted by Crippen LogP contribution is -2.52. The molecule has 0 radical (unpaired) electrons. The molecule has 0 saturated carbocycles. The molecule has 226 valence electrons. The summed E-state index contributed by atoms with van der Waals surface area (Å²) in [5, 5.41) is 3.23. The number of hydrogen-bond acceptors (Lipinski definition) is 5. The zero-order chi connectivity index (χ0) is 30.9. The summed E-state index contributed by atoms with van der Waals surface area (Å²) in [5.41, 5.74) is 0.753. The van der Waals surface area contributed by atoms with Crippen molar-refractivity contribution < 1.29 is 27.1 Å². The Morgan fingerprint density at radius 1 is 0.976 bits per heavy atom. The third-order valence-electron chi connectivity index (χ3n) is 6.45. The normalized spacial score (nSPS) is 12.1. The SMILES string of the molecule is CCOc1ccccc1N(CC(=O)N(Cc1ccc(F)cc1)[C@H](CC)C(=O)NCC(C)C)S(=O)(=O)c1ccc(Cl)cc1. The van der Waals surface area contributed by atoms with Crippen LogP contribution in [0.1, 0.15) is 39.7 Å². The second-order valence-electron chi connectivity index (χ2n) is 10.1. The number of carbonyl (C=O) groups is 2. The number of ether oxygens (including phenoxy) is 1. The third kappa shape index (κ3) is 8.45. The summed E-state index contributed by atoms with van der Waals surface area (Å²) in [4.78, 5) is 28.7. The van der Waals surface area contributed by atoms with E-state index in [9.17, 15) is 22.4 Å². The van der Waals surface area contributed by atoms with Crippen LogP contribution in [0.4, 0.5) is 10.1 Å². The molecule has 3 aromatic carbocycles. The minimum Gasteiger partial charge on any atom is -0.492 e. The molecule has 42 heavy (non-hydrogen) atoms. The van der Waals surface area contributed by atoms with Crippen molar-refractivity contribution in [1.82, 2.24) is 10.2 Å². The van der Waals surface area contributed by atoms with Gasteiger partial charge in [0, 0.05) is 18.1 Å². The fourth-order valence-corrected chi connectivity index (χ4v) is 5.87. The fourth-order valence-electron chi connectivity index (χ4n) is 4.32. The number of carbonyl (C=O) groups excluding carboxylic acids is 2. The molecule has 0 bridgehead atoms. The molecule has 0 spiro atoms. The first kappa shape index (κ1) is 32.9. The van der Waals surface area contributed by atoms with E-state index in [2.05, 4.69) is 5.32 Å². The monoisotopic (exact) mass is 617 g/mol. The van der Waals surface area contributed by atoms with Crippen LogP contribution in [0, 0.1) is 11.7 Å². The molecule has 1 N–H and O–H groups in total. The van der Waals surface area contributed by atoms with Crippen molar-refractivity contribution in [2.45, 2.75) is 51.6 Å². The molecule has 0 aliphatic heterocycles. The van der Waals surface area contributed by atoms with Crippen LogP contribution in [0.25, 0.3) is 0 Å². The van der Waals surface area contributed by atoms with E-state index in [4.69, 9.17) is 16.3 Å². The van der Waals surface area contributed by atoms with Crippen LogP contribution in [-0.2, 0) is 26.2 Å². The van der Waals surface area contributed by atoms with E-state index in [0.29, 0.717) is 17.1 Å². The highest BCUT2D eigenvalue weighted by Gasteiger charge is 2.34. The van der Waals surface area contributed by atoms with Crippen molar-refractivity contribution in [1.29, 1.82) is 0 Å². The molecule has 0 unspecified atom stereocenters. The molecule has 8 nitrogen and oxygen atoms in total. The highest BCUT2D eigenvalue weighted by Crippen LogP contribution is 2.33. The van der Waals surface area contributed by atoms with E-state index in [0.717, 1.165) is 4.31 Å². The predicted molar refractivity (Wildman–Crippen MR) is 162 cm³/mol. The Labute approximate surface area is 252 Å². The Balaban J connectivity index is 2.09. The number of nitrogens with one attached hydrogen (secondary N) is 1. The van der Waals surface area contributed by atoms with Gasteiger partial charge in [-0.2, -0.15) is 0 Å². The second-order valence-corrected chi connectivity index (χ2v) is 12.4. The smallest absolute Gasteiger partial charge is 0.264 e. The summed E-state index contributed by atoms with van der Waals surface area (Å²) in [7, 11) is -4.30. The van der Waals surface area contributed by atoms with Gasteiger partial charge in [-0.05, 0) is 73.4 Å². The van der Waals surface area contributed by atoms with Crippen LogP contribution in [0.3, 0.4) is 0 Å². The van der Waals surface area contributed by atoms with E-state index in [-0.39, 0.29) is 47.7 Å². The zero-order valence-corrected chi connectivity index (χ0v) is 25.8. The van der Waals surface area contributed by atoms with Gasteiger partial charge in [-0.15, -0.1) is 0 Å². The second kappa shape index (κ2) is 15.0. The van der Waals surface area contributed by atoms with Crippen LogP contribution < -0.4 is 14.4 Å². The Morgan fingerprint density at radius 3 is 2.21 bits per heavy atom. The van der Waals surface area contributed by atoms with Crippen LogP contribution in [0.15, 0.2) is 77.7 Å². The number of rotatable bonds is 14. The highest BCUT2D eigenvalue weighted by atomic mass is 35.5. The number of para-hydroxylation sites is 2. The lowest BCUT2D eigenvalue weighted by molar-refractivity contribution is -0.140. The summed E-state index contributed by atoms with van der Waals surface area (Å²) in [6, 6.07) is 16.9. The molecule has 0 aliphatic rings. The number of benzene rings is 3. The average molecular weight is 618 g/mol. The van der Waals surface area contributed by atoms with Crippen LogP contribution in [0.2, 0.25) is 5.02 Å². The molecular weight excluding hydrogens is 581 g/mol. The van der Waals surface area contributed by atoms with Crippen molar-refractivity contribution >= 4 is 39.1 Å². The number of sulfonamides is 1. The Hall–Kier alpha value is -3.63. The van der Waals surface area contributed by atoms with Crippen molar-refractivity contribution in [3.8, 4) is 5.75 Å². The first-order chi connectivity index (χ1) is 20.0. The third-order valence-corrected chi connectivity index (χ3v) is 8.48. The van der Waals surface area contributed by atoms with Gasteiger partial charge in [-0.25, -0.2) is 12.8 Å². The molecule has 0 heterocycles. The molecule has 3 rings (SSSR count). The van der Waals surface area contributed by atoms with Crippen molar-refractivity contribution in [3.63, 3.8) is 0 Å². The zero-order valence-electron chi connectivity index (χ0n) is 24.2. The molecule has 11 heteroatoms. The van der Waals surface area contributed by atoms with Gasteiger partial charge in [-0.3, -0.25) is 13.9 Å². The lowest BCUT2D eigenvalue weighted by Gasteiger charge is -2.33. The molecule has 0 fully saturated rings. The van der Waals surface area contributed by atoms with E-state index in [1.807, 2.05) is 13.8 Å². The number of anilines is 1. The van der Waals surface area contributed by atoms with E-state index in [1.165, 1.54) is 53.4 Å². The summed E-state index contributed by atoms with van der Waals surface area (Å²) in [6.45, 7) is 7.48. The summed E-state index contributed by atoms with van der Waals surface area (Å²) >= 11 is 6.01. The molecule has 0 saturated heterocycles. The highest BCUT2D eigenvalue weighted by molar-refractivity contribution is 7.92. The lowest BCUT2D eigenvalue weighted by atomic mass is 10.1. The Kier molecular flexibility index (Phi) is 11.8. The van der Waals surface area contributed by atoms with Gasteiger partial charge in [-0.1, -0.05) is 56.6 Å². The fraction of sp³-hybridized carbons (Fsp3) is 0.355. The molecule has 2 amide bonds. The first-order valence-corrected chi connectivity index (χ1v) is 15.6. The van der Waals surface area contributed by atoms with Gasteiger partial charge in [0.25, 0.3) is 10.0 Å². The van der Waals surface area contributed by atoms with E-state index < -0.39 is 34.3 Å². The van der Waals surface area contributed by atoms with Gasteiger partial charge < -0.3 is 15.0 Å². The van der Waals surface area contributed by atoms with Crippen molar-refractivity contribution in [3.05, 3.63) is 89.2 Å². The maximum atomic E-state index is 14.1. The molecular formula is C31H37ClFN3O5S. The van der Waals surface area contributed by atoms with Gasteiger partial charge in [0.15, 0.2) is 0 Å². The van der Waals surface area contributed by atoms with E-state index >= 15 is 0 Å². The van der Waals surface area contributed by atoms with Gasteiger partial charge in [0.1, 0.15) is 24.2 Å². The van der Waals surface area contributed by atoms with Crippen LogP contribution in [0.5, 0.6) is 5.75 Å². The van der Waals surface area contributed by atoms with Crippen molar-refractivity contribution in [2.75, 3.05) is 24.0 Å². The summed E-state index contributed by atoms with van der Waals surface area (Å²) < 4.78 is 48.4. The Bertz CT molecular complexity index is 1450. The minimum atomic E-state index is -4.30. The predicted octanol–water partition coefficient (Wildman–Crippen LogP) is 5.65. The standard InChI is InChI=1S/C31H37ClFN3O5S/c1-5-27(31(38)34-19-22(3)4)35(20-23-11-15-25(33)16-12-23)30(37)21-36(28-9-7-8-10-29(28)41-6-2)42(39,40)26-17-13-24(32)14-18-26/h7-18,22,27H,5-6,19-21H2,1-4H3,(H,34,38)/t27-/m1/s1. The maximum Gasteiger partial charge on any atom is 0.264 e. The summed E-state index contributed by atoms with van der Waals surface area (Å²) in [5.74, 6) is -0.954. The van der Waals surface area contributed by atoms with Crippen LogP contribution >= 0.6 is 11.6 Å². The molecule has 1 atom stereocenters. The quantitative estimate of drug-likeness (QED) is 0.252. The summed E-state index contributed by atoms with van der Waals surface area (Å²) in [6.07, 6.45) is 0.274. The molecule has 3 aromatic rings. The first-order valence-electron chi connectivity index (χ1n) is 13.8. The van der Waals surface area contributed by atoms with Crippen LogP contribution in [-0.4, -0.2) is 50.9 Å².